The molecule has 3 rings (SSSR count). The van der Waals surface area contributed by atoms with Crippen molar-refractivity contribution >= 4 is 0 Å². The highest BCUT2D eigenvalue weighted by molar-refractivity contribution is 5.06. The summed E-state index contributed by atoms with van der Waals surface area (Å²) in [5.74, 6) is 0. The quantitative estimate of drug-likeness (QED) is 0.926. The summed E-state index contributed by atoms with van der Waals surface area (Å²) in [5.41, 5.74) is 0.458. The third-order valence-corrected chi connectivity index (χ3v) is 5.32. The van der Waals surface area contributed by atoms with Crippen LogP contribution in [0.5, 0.6) is 0 Å². The van der Waals surface area contributed by atoms with Gasteiger partial charge in [0, 0.05) is 19.7 Å². The second-order valence-electron chi connectivity index (χ2n) is 6.92. The minimum atomic E-state index is -0.583. The number of nitrogens with zero attached hydrogens (tertiary/aromatic N) is 2. The Morgan fingerprint density at radius 1 is 1.24 bits per heavy atom. The zero-order chi connectivity index (χ0) is 14.7. The number of rotatable bonds is 4. The lowest BCUT2D eigenvalue weighted by atomic mass is 9.80. The van der Waals surface area contributed by atoms with E-state index in [2.05, 4.69) is 16.9 Å². The van der Waals surface area contributed by atoms with Crippen molar-refractivity contribution in [3.63, 3.8) is 0 Å². The van der Waals surface area contributed by atoms with Gasteiger partial charge in [0.15, 0.2) is 0 Å². The predicted octanol–water partition coefficient (Wildman–Crippen LogP) is 3.25. The molecule has 4 nitrogen and oxygen atoms in total. The summed E-state index contributed by atoms with van der Waals surface area (Å²) >= 11 is 0. The molecule has 0 bridgehead atoms. The molecule has 118 valence electrons. The molecule has 1 aromatic rings. The average molecular weight is 292 g/mol. The van der Waals surface area contributed by atoms with Gasteiger partial charge in [0.25, 0.3) is 0 Å². The molecule has 1 heterocycles. The van der Waals surface area contributed by atoms with Crippen LogP contribution in [0.1, 0.15) is 69.5 Å². The van der Waals surface area contributed by atoms with Crippen molar-refractivity contribution in [1.29, 1.82) is 0 Å². The summed E-state index contributed by atoms with van der Waals surface area (Å²) in [7, 11) is 1.76. The minimum Gasteiger partial charge on any atom is -0.389 e. The van der Waals surface area contributed by atoms with E-state index in [-0.39, 0.29) is 0 Å². The van der Waals surface area contributed by atoms with E-state index in [9.17, 15) is 5.11 Å². The minimum absolute atomic E-state index is 0.324. The van der Waals surface area contributed by atoms with Crippen molar-refractivity contribution in [2.75, 3.05) is 7.11 Å². The Morgan fingerprint density at radius 2 is 1.95 bits per heavy atom. The van der Waals surface area contributed by atoms with Gasteiger partial charge in [0.1, 0.15) is 0 Å². The van der Waals surface area contributed by atoms with Gasteiger partial charge in [-0.3, -0.25) is 4.68 Å². The molecule has 2 saturated carbocycles. The fourth-order valence-corrected chi connectivity index (χ4v) is 3.90. The molecule has 0 atom stereocenters. The van der Waals surface area contributed by atoms with Gasteiger partial charge in [-0.15, -0.1) is 0 Å². The molecule has 0 spiro atoms. The first-order valence-electron chi connectivity index (χ1n) is 8.48. The first-order valence-corrected chi connectivity index (χ1v) is 8.48. The zero-order valence-electron chi connectivity index (χ0n) is 13.1. The van der Waals surface area contributed by atoms with E-state index < -0.39 is 5.60 Å². The van der Waals surface area contributed by atoms with Gasteiger partial charge in [0.05, 0.1) is 23.4 Å². The van der Waals surface area contributed by atoms with Gasteiger partial charge in [-0.25, -0.2) is 0 Å². The van der Waals surface area contributed by atoms with Crippen LogP contribution in [-0.4, -0.2) is 33.7 Å². The average Bonchev–Trinajstić information content (AvgIpc) is 2.97. The molecule has 0 aliphatic heterocycles. The van der Waals surface area contributed by atoms with Crippen molar-refractivity contribution in [1.82, 2.24) is 9.78 Å². The van der Waals surface area contributed by atoms with Gasteiger partial charge in [-0.2, -0.15) is 5.10 Å². The molecule has 1 N–H and O–H groups in total. The highest BCUT2D eigenvalue weighted by Gasteiger charge is 2.34. The molecule has 2 aliphatic rings. The summed E-state index contributed by atoms with van der Waals surface area (Å²) in [6, 6.07) is 2.67. The van der Waals surface area contributed by atoms with Gasteiger partial charge in [-0.1, -0.05) is 19.3 Å². The maximum absolute atomic E-state index is 10.8. The molecule has 0 amide bonds. The Hall–Kier alpha value is -0.870. The van der Waals surface area contributed by atoms with E-state index in [1.807, 2.05) is 0 Å². The molecular weight excluding hydrogens is 264 g/mol. The molecular formula is C17H28N2O2. The van der Waals surface area contributed by atoms with Crippen LogP contribution in [0.2, 0.25) is 0 Å². The lowest BCUT2D eigenvalue weighted by Crippen LogP contribution is -2.38. The monoisotopic (exact) mass is 292 g/mol. The van der Waals surface area contributed by atoms with E-state index in [1.54, 1.807) is 7.11 Å². The van der Waals surface area contributed by atoms with Crippen molar-refractivity contribution in [3.8, 4) is 0 Å². The Bertz CT molecular complexity index is 443. The van der Waals surface area contributed by atoms with Crippen LogP contribution in [0.25, 0.3) is 0 Å². The van der Waals surface area contributed by atoms with Crippen LogP contribution in [0.15, 0.2) is 12.3 Å². The van der Waals surface area contributed by atoms with E-state index in [0.717, 1.165) is 31.4 Å². The first kappa shape index (κ1) is 15.0. The lowest BCUT2D eigenvalue weighted by Gasteiger charge is -2.35. The Labute approximate surface area is 127 Å². The maximum atomic E-state index is 10.8. The number of hydrogen-bond acceptors (Lipinski definition) is 3. The second-order valence-corrected chi connectivity index (χ2v) is 6.92. The molecule has 0 saturated heterocycles. The van der Waals surface area contributed by atoms with Gasteiger partial charge in [-0.05, 0) is 44.6 Å². The van der Waals surface area contributed by atoms with Crippen LogP contribution in [0.3, 0.4) is 0 Å². The summed E-state index contributed by atoms with van der Waals surface area (Å²) in [5, 5.41) is 15.5. The largest absolute Gasteiger partial charge is 0.389 e. The third-order valence-electron chi connectivity index (χ3n) is 5.32. The van der Waals surface area contributed by atoms with Crippen molar-refractivity contribution < 1.29 is 9.84 Å². The van der Waals surface area contributed by atoms with E-state index >= 15 is 0 Å². The number of aliphatic hydroxyl groups is 1. The first-order chi connectivity index (χ1) is 10.2. The van der Waals surface area contributed by atoms with Crippen LogP contribution in [0, 0.1) is 0 Å². The molecule has 21 heavy (non-hydrogen) atoms. The van der Waals surface area contributed by atoms with Crippen LogP contribution in [-0.2, 0) is 11.2 Å². The van der Waals surface area contributed by atoms with Crippen LogP contribution in [0.4, 0.5) is 0 Å². The third kappa shape index (κ3) is 3.67. The van der Waals surface area contributed by atoms with Crippen LogP contribution >= 0.6 is 0 Å². The van der Waals surface area contributed by atoms with Gasteiger partial charge < -0.3 is 9.84 Å². The number of methoxy groups -OCH3 is 1. The van der Waals surface area contributed by atoms with E-state index in [0.29, 0.717) is 18.6 Å². The van der Waals surface area contributed by atoms with Crippen molar-refractivity contribution in [3.05, 3.63) is 18.0 Å². The zero-order valence-corrected chi connectivity index (χ0v) is 13.1. The normalized spacial score (nSPS) is 31.4. The molecule has 2 fully saturated rings. The molecule has 4 heteroatoms. The summed E-state index contributed by atoms with van der Waals surface area (Å²) in [6.07, 6.45) is 13.2. The fourth-order valence-electron chi connectivity index (χ4n) is 3.90. The topological polar surface area (TPSA) is 47.3 Å². The molecule has 2 aliphatic carbocycles. The highest BCUT2D eigenvalue weighted by atomic mass is 16.5. The number of aromatic nitrogens is 2. The summed E-state index contributed by atoms with van der Waals surface area (Å²) < 4.78 is 7.52. The van der Waals surface area contributed by atoms with Crippen molar-refractivity contribution in [2.24, 2.45) is 0 Å². The molecule has 1 aromatic heterocycles. The Balaban J connectivity index is 1.59. The lowest BCUT2D eigenvalue weighted by molar-refractivity contribution is -0.0433. The van der Waals surface area contributed by atoms with Crippen molar-refractivity contribution in [2.45, 2.75) is 82.0 Å². The smallest absolute Gasteiger partial charge is 0.0705 e. The van der Waals surface area contributed by atoms with Crippen LogP contribution < -0.4 is 0 Å². The maximum Gasteiger partial charge on any atom is 0.0705 e. The SMILES string of the molecule is COC1CCC(O)(Cc2ccn(C3CCCCC3)n2)CC1. The summed E-state index contributed by atoms with van der Waals surface area (Å²) in [6.45, 7) is 0. The second kappa shape index (κ2) is 6.49. The van der Waals surface area contributed by atoms with E-state index in [1.165, 1.54) is 32.1 Å². The molecule has 0 radical (unpaired) electrons. The number of ether oxygens (including phenoxy) is 1. The predicted molar refractivity (Wildman–Crippen MR) is 82.3 cm³/mol. The fraction of sp³-hybridized carbons (Fsp3) is 0.824. The Morgan fingerprint density at radius 3 is 2.62 bits per heavy atom. The Kier molecular flexibility index (Phi) is 4.65. The molecule has 0 aromatic carbocycles. The number of hydrogen-bond donors (Lipinski definition) is 1. The standard InChI is InChI=1S/C17H28N2O2/c1-21-16-7-10-17(20,11-8-16)13-14-9-12-19(18-14)15-5-3-2-4-6-15/h9,12,15-16,20H,2-8,10-11,13H2,1H3. The van der Waals surface area contributed by atoms with Gasteiger partial charge >= 0.3 is 0 Å². The molecule has 0 unspecified atom stereocenters. The van der Waals surface area contributed by atoms with E-state index in [4.69, 9.17) is 9.84 Å². The van der Waals surface area contributed by atoms with Gasteiger partial charge in [0.2, 0.25) is 0 Å². The summed E-state index contributed by atoms with van der Waals surface area (Å²) in [4.78, 5) is 0. The highest BCUT2D eigenvalue weighted by Crippen LogP contribution is 2.33.